The molecule has 0 saturated heterocycles. The van der Waals surface area contributed by atoms with Crippen molar-refractivity contribution in [2.75, 3.05) is 0 Å². The first-order valence-electron chi connectivity index (χ1n) is 17.2. The molecule has 4 nitrogen and oxygen atoms in total. The topological polar surface area (TPSA) is 80.3 Å². The first-order chi connectivity index (χ1) is 19.5. The molecular formula is C36H66MnO4. The molecule has 0 spiro atoms. The largest absolute Gasteiger partial charge is 2.00 e. The van der Waals surface area contributed by atoms with E-state index in [0.29, 0.717) is 0 Å². The molecule has 1 radical (unpaired) electrons. The van der Waals surface area contributed by atoms with Crippen LogP contribution in [0.4, 0.5) is 0 Å². The van der Waals surface area contributed by atoms with Crippen molar-refractivity contribution in [2.24, 2.45) is 0 Å². The van der Waals surface area contributed by atoms with Gasteiger partial charge in [0.05, 0.1) is 0 Å². The molecule has 41 heavy (non-hydrogen) atoms. The molecule has 0 aliphatic carbocycles. The number of carboxylic acids is 2. The van der Waals surface area contributed by atoms with E-state index in [-0.39, 0.29) is 29.9 Å². The predicted molar refractivity (Wildman–Crippen MR) is 169 cm³/mol. The predicted octanol–water partition coefficient (Wildman–Crippen LogP) is 9.55. The van der Waals surface area contributed by atoms with Crippen molar-refractivity contribution in [1.29, 1.82) is 0 Å². The van der Waals surface area contributed by atoms with Gasteiger partial charge >= 0.3 is 17.1 Å². The minimum Gasteiger partial charge on any atom is -0.550 e. The number of carboxylic acid groups (broad SMARTS) is 2. The van der Waals surface area contributed by atoms with Gasteiger partial charge in [-0.3, -0.25) is 0 Å². The van der Waals surface area contributed by atoms with E-state index in [1.165, 1.54) is 141 Å². The summed E-state index contributed by atoms with van der Waals surface area (Å²) >= 11 is 0. The van der Waals surface area contributed by atoms with Crippen LogP contribution in [-0.2, 0) is 26.7 Å². The Morgan fingerprint density at radius 2 is 0.610 bits per heavy atom. The molecule has 0 rings (SSSR count). The average Bonchev–Trinajstić information content (AvgIpc) is 2.93. The van der Waals surface area contributed by atoms with Crippen molar-refractivity contribution in [1.82, 2.24) is 0 Å². The Hall–Kier alpha value is -1.06. The number of carbonyl (C=O) groups is 2. The molecule has 0 amide bonds. The summed E-state index contributed by atoms with van der Waals surface area (Å²) in [6.07, 6.45) is 41.8. The van der Waals surface area contributed by atoms with Gasteiger partial charge in [0.1, 0.15) is 0 Å². The minimum absolute atomic E-state index is 0. The van der Waals surface area contributed by atoms with Crippen LogP contribution in [0.2, 0.25) is 0 Å². The Labute approximate surface area is 266 Å². The van der Waals surface area contributed by atoms with Crippen LogP contribution in [0.25, 0.3) is 0 Å². The number of aliphatic carboxylic acids is 2. The number of carbonyl (C=O) groups excluding carboxylic acids is 2. The van der Waals surface area contributed by atoms with Crippen LogP contribution in [0.15, 0.2) is 24.3 Å². The van der Waals surface area contributed by atoms with Gasteiger partial charge in [0.25, 0.3) is 0 Å². The summed E-state index contributed by atoms with van der Waals surface area (Å²) in [5.41, 5.74) is 0. The fourth-order valence-electron chi connectivity index (χ4n) is 4.68. The van der Waals surface area contributed by atoms with Gasteiger partial charge in [0, 0.05) is 11.9 Å². The molecule has 0 unspecified atom stereocenters. The number of hydrogen-bond acceptors (Lipinski definition) is 4. The molecule has 0 saturated carbocycles. The van der Waals surface area contributed by atoms with E-state index in [2.05, 4.69) is 38.2 Å². The Kier molecular flexibility index (Phi) is 44.5. The van der Waals surface area contributed by atoms with E-state index in [9.17, 15) is 19.8 Å². The van der Waals surface area contributed by atoms with E-state index in [1.807, 2.05) is 0 Å². The van der Waals surface area contributed by atoms with Crippen LogP contribution in [0.5, 0.6) is 0 Å². The molecule has 0 heterocycles. The third-order valence-corrected chi connectivity index (χ3v) is 7.29. The van der Waals surface area contributed by atoms with Gasteiger partial charge in [-0.2, -0.15) is 0 Å². The fraction of sp³-hybridized carbons (Fsp3) is 0.833. The fourth-order valence-corrected chi connectivity index (χ4v) is 4.68. The van der Waals surface area contributed by atoms with Crippen molar-refractivity contribution in [2.45, 2.75) is 194 Å². The van der Waals surface area contributed by atoms with E-state index < -0.39 is 11.9 Å². The van der Waals surface area contributed by atoms with E-state index >= 15 is 0 Å². The molecule has 0 atom stereocenters. The van der Waals surface area contributed by atoms with Gasteiger partial charge in [-0.1, -0.05) is 141 Å². The maximum absolute atomic E-state index is 10.2. The number of allylic oxidation sites excluding steroid dienone is 4. The quantitative estimate of drug-likeness (QED) is 0.0457. The van der Waals surface area contributed by atoms with Gasteiger partial charge in [-0.25, -0.2) is 0 Å². The van der Waals surface area contributed by atoms with Crippen molar-refractivity contribution in [3.05, 3.63) is 24.3 Å². The third kappa shape index (κ3) is 49.0. The molecule has 5 heteroatoms. The normalized spacial score (nSPS) is 11.0. The average molecular weight is 618 g/mol. The summed E-state index contributed by atoms with van der Waals surface area (Å²) in [4.78, 5) is 20.4. The van der Waals surface area contributed by atoms with Crippen LogP contribution in [0, 0.1) is 0 Å². The molecule has 0 fully saturated rings. The van der Waals surface area contributed by atoms with Crippen molar-refractivity contribution in [3.8, 4) is 0 Å². The third-order valence-electron chi connectivity index (χ3n) is 7.29. The van der Waals surface area contributed by atoms with E-state index in [4.69, 9.17) is 0 Å². The zero-order valence-corrected chi connectivity index (χ0v) is 28.3. The Morgan fingerprint density at radius 3 is 0.854 bits per heavy atom. The number of rotatable bonds is 30. The SMILES string of the molecule is CCCCCC/C=C\CCCCCCCCCC(=O)[O-].CCCCCC/C=C\CCCCCCCCCC(=O)[O-].[Mn+2]. The standard InChI is InChI=1S/2C18H34O2.Mn/c2*1-2-3-4-5-6-7-8-9-10-11-12-13-14-15-16-17-18(19)20;/h2*7-8H,2-6,9-17H2,1H3,(H,19,20);/q;;+2/p-2/b2*8-7-;. The molecular weight excluding hydrogens is 551 g/mol. The van der Waals surface area contributed by atoms with E-state index in [0.717, 1.165) is 25.7 Å². The second kappa shape index (κ2) is 41.1. The van der Waals surface area contributed by atoms with Crippen LogP contribution in [0.1, 0.15) is 194 Å². The zero-order chi connectivity index (χ0) is 29.8. The van der Waals surface area contributed by atoms with Gasteiger partial charge in [0.2, 0.25) is 0 Å². The molecule has 0 bridgehead atoms. The summed E-state index contributed by atoms with van der Waals surface area (Å²) in [7, 11) is 0. The molecule has 0 N–H and O–H groups in total. The first kappa shape index (κ1) is 44.4. The summed E-state index contributed by atoms with van der Waals surface area (Å²) < 4.78 is 0. The summed E-state index contributed by atoms with van der Waals surface area (Å²) in [5, 5.41) is 20.4. The van der Waals surface area contributed by atoms with Gasteiger partial charge in [0.15, 0.2) is 0 Å². The van der Waals surface area contributed by atoms with Crippen LogP contribution >= 0.6 is 0 Å². The second-order valence-corrected chi connectivity index (χ2v) is 11.4. The van der Waals surface area contributed by atoms with Gasteiger partial charge in [-0.15, -0.1) is 0 Å². The maximum Gasteiger partial charge on any atom is 2.00 e. The van der Waals surface area contributed by atoms with Gasteiger partial charge in [-0.05, 0) is 77.0 Å². The smallest absolute Gasteiger partial charge is 0.550 e. The molecule has 0 aromatic carbocycles. The molecule has 0 aliphatic heterocycles. The minimum atomic E-state index is -0.911. The Bertz CT molecular complexity index is 524. The van der Waals surface area contributed by atoms with Crippen molar-refractivity contribution in [3.63, 3.8) is 0 Å². The Balaban J connectivity index is -0.000000688. The number of hydrogen-bond donors (Lipinski definition) is 0. The molecule has 0 aromatic rings. The first-order valence-corrected chi connectivity index (χ1v) is 17.2. The summed E-state index contributed by atoms with van der Waals surface area (Å²) in [6, 6.07) is 0. The van der Waals surface area contributed by atoms with Gasteiger partial charge < -0.3 is 19.8 Å². The van der Waals surface area contributed by atoms with E-state index in [1.54, 1.807) is 0 Å². The summed E-state index contributed by atoms with van der Waals surface area (Å²) in [6.45, 7) is 4.50. The Morgan fingerprint density at radius 1 is 0.390 bits per heavy atom. The number of unbranched alkanes of at least 4 members (excludes halogenated alkanes) is 22. The molecule has 241 valence electrons. The zero-order valence-electron chi connectivity index (χ0n) is 27.1. The molecule has 0 aromatic heterocycles. The second-order valence-electron chi connectivity index (χ2n) is 11.4. The van der Waals surface area contributed by atoms with Crippen molar-refractivity contribution < 1.29 is 36.9 Å². The molecule has 0 aliphatic rings. The monoisotopic (exact) mass is 617 g/mol. The van der Waals surface area contributed by atoms with Crippen LogP contribution < -0.4 is 10.2 Å². The van der Waals surface area contributed by atoms with Crippen LogP contribution in [-0.4, -0.2) is 11.9 Å². The maximum atomic E-state index is 10.2. The summed E-state index contributed by atoms with van der Waals surface area (Å²) in [5.74, 6) is -1.82. The van der Waals surface area contributed by atoms with Crippen LogP contribution in [0.3, 0.4) is 0 Å². The van der Waals surface area contributed by atoms with Crippen molar-refractivity contribution >= 4 is 11.9 Å².